The first-order valence-corrected chi connectivity index (χ1v) is 7.11. The molecule has 5 heteroatoms. The third kappa shape index (κ3) is 3.98. The summed E-state index contributed by atoms with van der Waals surface area (Å²) in [6.07, 6.45) is 5.36. The van der Waals surface area contributed by atoms with Crippen molar-refractivity contribution in [1.29, 1.82) is 0 Å². The van der Waals surface area contributed by atoms with E-state index in [2.05, 4.69) is 24.3 Å². The minimum Gasteiger partial charge on any atom is -0.395 e. The number of carbonyl (C=O) groups excluding carboxylic acids is 1. The number of aryl methyl sites for hydroxylation is 2. The molecule has 1 heterocycles. The van der Waals surface area contributed by atoms with Crippen LogP contribution in [0.4, 0.5) is 5.69 Å². The molecule has 0 saturated heterocycles. The molecule has 0 bridgehead atoms. The van der Waals surface area contributed by atoms with Gasteiger partial charge in [0.05, 0.1) is 11.4 Å². The number of hydrogen-bond acceptors (Lipinski definition) is 3. The molecule has 3 N–H and O–H groups in total. The predicted molar refractivity (Wildman–Crippen MR) is 78.0 cm³/mol. The maximum Gasteiger partial charge on any atom is 0.271 e. The van der Waals surface area contributed by atoms with Crippen LogP contribution in [0.25, 0.3) is 0 Å². The van der Waals surface area contributed by atoms with Gasteiger partial charge < -0.3 is 11.1 Å². The quantitative estimate of drug-likeness (QED) is 0.796. The predicted octanol–water partition coefficient (Wildman–Crippen LogP) is 2.40. The average Bonchev–Trinajstić information content (AvgIpc) is 2.60. The van der Waals surface area contributed by atoms with Crippen LogP contribution in [0.5, 0.6) is 0 Å². The number of amides is 1. The van der Waals surface area contributed by atoms with Crippen molar-refractivity contribution >= 4 is 11.6 Å². The molecule has 108 valence electrons. The van der Waals surface area contributed by atoms with Gasteiger partial charge in [-0.2, -0.15) is 5.10 Å². The molecule has 1 amide bonds. The average molecular weight is 266 g/mol. The fourth-order valence-corrected chi connectivity index (χ4v) is 2.29. The number of hydrogen-bond donors (Lipinski definition) is 2. The second-order valence-corrected chi connectivity index (χ2v) is 5.07. The zero-order valence-electron chi connectivity index (χ0n) is 12.5. The summed E-state index contributed by atoms with van der Waals surface area (Å²) in [5.74, 6) is -0.116. The summed E-state index contributed by atoms with van der Waals surface area (Å²) in [6.45, 7) is 6.10. The molecular weight excluding hydrogens is 240 g/mol. The summed E-state index contributed by atoms with van der Waals surface area (Å²) in [6, 6.07) is 0.229. The summed E-state index contributed by atoms with van der Waals surface area (Å²) in [4.78, 5) is 12.3. The third-order valence-electron chi connectivity index (χ3n) is 3.36. The zero-order valence-corrected chi connectivity index (χ0v) is 12.5. The molecule has 1 atom stereocenters. The van der Waals surface area contributed by atoms with Crippen molar-refractivity contribution in [3.8, 4) is 0 Å². The number of unbranched alkanes of at least 4 members (excludes halogenated alkanes) is 1. The van der Waals surface area contributed by atoms with Gasteiger partial charge in [-0.15, -0.1) is 0 Å². The Labute approximate surface area is 115 Å². The van der Waals surface area contributed by atoms with Crippen LogP contribution in [0.3, 0.4) is 0 Å². The van der Waals surface area contributed by atoms with Gasteiger partial charge >= 0.3 is 0 Å². The van der Waals surface area contributed by atoms with Crippen molar-refractivity contribution in [1.82, 2.24) is 15.1 Å². The van der Waals surface area contributed by atoms with Gasteiger partial charge in [-0.3, -0.25) is 9.48 Å². The minimum absolute atomic E-state index is 0.116. The number of anilines is 1. The number of nitrogen functional groups attached to an aromatic ring is 1. The molecule has 5 nitrogen and oxygen atoms in total. The smallest absolute Gasteiger partial charge is 0.271 e. The highest BCUT2D eigenvalue weighted by Gasteiger charge is 2.20. The largest absolute Gasteiger partial charge is 0.395 e. The van der Waals surface area contributed by atoms with Crippen LogP contribution in [0.2, 0.25) is 0 Å². The van der Waals surface area contributed by atoms with Gasteiger partial charge in [0, 0.05) is 13.1 Å². The molecule has 19 heavy (non-hydrogen) atoms. The number of nitrogens with two attached hydrogens (primary N) is 1. The Kier molecular flexibility index (Phi) is 5.86. The van der Waals surface area contributed by atoms with Crippen LogP contribution in [-0.4, -0.2) is 21.7 Å². The van der Waals surface area contributed by atoms with Crippen LogP contribution in [0.1, 0.15) is 62.1 Å². The van der Waals surface area contributed by atoms with Gasteiger partial charge in [0.2, 0.25) is 0 Å². The lowest BCUT2D eigenvalue weighted by Crippen LogP contribution is -2.36. The lowest BCUT2D eigenvalue weighted by atomic mass is 10.0. The van der Waals surface area contributed by atoms with Crippen molar-refractivity contribution in [3.63, 3.8) is 0 Å². The van der Waals surface area contributed by atoms with Crippen molar-refractivity contribution in [2.75, 3.05) is 5.73 Å². The molecule has 0 aliphatic rings. The Morgan fingerprint density at radius 1 is 1.37 bits per heavy atom. The van der Waals surface area contributed by atoms with Crippen LogP contribution < -0.4 is 11.1 Å². The lowest BCUT2D eigenvalue weighted by Gasteiger charge is -2.18. The monoisotopic (exact) mass is 266 g/mol. The summed E-state index contributed by atoms with van der Waals surface area (Å²) < 4.78 is 1.56. The van der Waals surface area contributed by atoms with Gasteiger partial charge in [0.1, 0.15) is 5.69 Å². The van der Waals surface area contributed by atoms with Crippen molar-refractivity contribution in [2.45, 2.75) is 58.9 Å². The van der Waals surface area contributed by atoms with Gasteiger partial charge in [0.15, 0.2) is 0 Å². The highest BCUT2D eigenvalue weighted by atomic mass is 16.2. The fourth-order valence-electron chi connectivity index (χ4n) is 2.29. The first kappa shape index (κ1) is 15.5. The Hall–Kier alpha value is -1.52. The molecule has 0 aliphatic heterocycles. The van der Waals surface area contributed by atoms with Crippen LogP contribution >= 0.6 is 0 Å². The second-order valence-electron chi connectivity index (χ2n) is 5.07. The van der Waals surface area contributed by atoms with Crippen LogP contribution in [0.15, 0.2) is 0 Å². The molecule has 0 aliphatic carbocycles. The second kappa shape index (κ2) is 7.16. The molecule has 0 radical (unpaired) electrons. The summed E-state index contributed by atoms with van der Waals surface area (Å²) in [5.41, 5.74) is 7.56. The minimum atomic E-state index is -0.116. The number of carbonyl (C=O) groups is 1. The number of aromatic nitrogens is 2. The molecule has 0 fully saturated rings. The zero-order chi connectivity index (χ0) is 14.4. The van der Waals surface area contributed by atoms with Gasteiger partial charge in [-0.25, -0.2) is 0 Å². The van der Waals surface area contributed by atoms with Gasteiger partial charge in [-0.1, -0.05) is 33.1 Å². The Morgan fingerprint density at radius 3 is 2.53 bits per heavy atom. The topological polar surface area (TPSA) is 72.9 Å². The first-order chi connectivity index (χ1) is 9.01. The molecule has 1 aromatic rings. The van der Waals surface area contributed by atoms with E-state index in [0.717, 1.165) is 32.1 Å². The van der Waals surface area contributed by atoms with E-state index in [9.17, 15) is 4.79 Å². The fraction of sp³-hybridized carbons (Fsp3) is 0.714. The van der Waals surface area contributed by atoms with E-state index in [1.54, 1.807) is 11.7 Å². The van der Waals surface area contributed by atoms with Gasteiger partial charge in [-0.05, 0) is 19.8 Å². The normalized spacial score (nSPS) is 12.4. The van der Waals surface area contributed by atoms with Crippen molar-refractivity contribution in [3.05, 3.63) is 11.4 Å². The van der Waals surface area contributed by atoms with E-state index in [4.69, 9.17) is 5.73 Å². The molecular formula is C14H26N4O. The van der Waals surface area contributed by atoms with E-state index < -0.39 is 0 Å². The van der Waals surface area contributed by atoms with E-state index in [-0.39, 0.29) is 11.9 Å². The third-order valence-corrected chi connectivity index (χ3v) is 3.36. The summed E-state index contributed by atoms with van der Waals surface area (Å²) >= 11 is 0. The Morgan fingerprint density at radius 2 is 2.05 bits per heavy atom. The van der Waals surface area contributed by atoms with Crippen LogP contribution in [-0.2, 0) is 7.05 Å². The molecule has 1 rings (SSSR count). The number of nitrogens with zero attached hydrogens (tertiary/aromatic N) is 2. The maximum atomic E-state index is 12.3. The maximum absolute atomic E-state index is 12.3. The highest BCUT2D eigenvalue weighted by Crippen LogP contribution is 2.16. The van der Waals surface area contributed by atoms with Crippen molar-refractivity contribution < 1.29 is 4.79 Å². The Bertz CT molecular complexity index is 425. The summed E-state index contributed by atoms with van der Waals surface area (Å²) in [5, 5.41) is 7.26. The van der Waals surface area contributed by atoms with E-state index in [0.29, 0.717) is 17.1 Å². The lowest BCUT2D eigenvalue weighted by molar-refractivity contribution is 0.0923. The molecule has 0 saturated carbocycles. The number of nitrogens with one attached hydrogen (secondary N) is 1. The number of rotatable bonds is 7. The molecule has 0 spiro atoms. The van der Waals surface area contributed by atoms with E-state index in [1.807, 2.05) is 6.92 Å². The van der Waals surface area contributed by atoms with Crippen molar-refractivity contribution in [2.24, 2.45) is 7.05 Å². The molecule has 1 unspecified atom stereocenters. The SMILES string of the molecule is CCCCC(CCC)NC(=O)c1c(N)c(C)nn1C. The molecule has 1 aromatic heterocycles. The Balaban J connectivity index is 2.75. The van der Waals surface area contributed by atoms with Crippen LogP contribution in [0, 0.1) is 6.92 Å². The first-order valence-electron chi connectivity index (χ1n) is 7.11. The highest BCUT2D eigenvalue weighted by molar-refractivity contribution is 5.98. The standard InChI is InChI=1S/C14H26N4O/c1-5-7-9-11(8-6-2)16-14(19)13-12(15)10(3)17-18(13)4/h11H,5-9,15H2,1-4H3,(H,16,19). The van der Waals surface area contributed by atoms with Gasteiger partial charge in [0.25, 0.3) is 5.91 Å². The van der Waals surface area contributed by atoms with E-state index in [1.165, 1.54) is 0 Å². The van der Waals surface area contributed by atoms with E-state index >= 15 is 0 Å². The summed E-state index contributed by atoms with van der Waals surface area (Å²) in [7, 11) is 1.75. The molecule has 0 aromatic carbocycles.